The highest BCUT2D eigenvalue weighted by molar-refractivity contribution is 6.03. The third kappa shape index (κ3) is 2.12. The van der Waals surface area contributed by atoms with Gasteiger partial charge in [0.05, 0.1) is 5.57 Å². The molecule has 7 nitrogen and oxygen atoms in total. The lowest BCUT2D eigenvalue weighted by molar-refractivity contribution is -0.195. The number of imide groups is 1. The van der Waals surface area contributed by atoms with E-state index < -0.39 is 28.9 Å². The molecule has 0 unspecified atom stereocenters. The van der Waals surface area contributed by atoms with Gasteiger partial charge in [0, 0.05) is 23.9 Å². The summed E-state index contributed by atoms with van der Waals surface area (Å²) in [5, 5.41) is 13.4. The third-order valence-electron chi connectivity index (χ3n) is 3.59. The van der Waals surface area contributed by atoms with Crippen LogP contribution in [0.4, 0.5) is 0 Å². The van der Waals surface area contributed by atoms with Crippen LogP contribution in [0.3, 0.4) is 0 Å². The Bertz CT molecular complexity index is 505. The summed E-state index contributed by atoms with van der Waals surface area (Å²) in [6, 6.07) is 0. The molecule has 0 bridgehead atoms. The van der Waals surface area contributed by atoms with E-state index in [1.807, 2.05) is 0 Å². The number of rotatable bonds is 2. The molecule has 0 radical (unpaired) electrons. The molecule has 1 saturated heterocycles. The lowest BCUT2D eigenvalue weighted by Gasteiger charge is -2.47. The Morgan fingerprint density at radius 1 is 1.20 bits per heavy atom. The number of hydroxylamine groups is 4. The van der Waals surface area contributed by atoms with Gasteiger partial charge < -0.3 is 15.1 Å². The van der Waals surface area contributed by atoms with E-state index in [0.29, 0.717) is 5.06 Å². The van der Waals surface area contributed by atoms with Crippen molar-refractivity contribution in [1.82, 2.24) is 10.1 Å². The maximum absolute atomic E-state index is 12.1. The van der Waals surface area contributed by atoms with Crippen molar-refractivity contribution in [3.8, 4) is 0 Å². The number of carbonyl (C=O) groups excluding carboxylic acids is 3. The summed E-state index contributed by atoms with van der Waals surface area (Å²) in [6.07, 6.45) is 1.58. The zero-order chi connectivity index (χ0) is 15.3. The maximum Gasteiger partial charge on any atom is 0.361 e. The first-order chi connectivity index (χ1) is 9.07. The van der Waals surface area contributed by atoms with E-state index in [1.165, 1.54) is 6.08 Å². The van der Waals surface area contributed by atoms with Crippen LogP contribution < -0.4 is 0 Å². The van der Waals surface area contributed by atoms with Gasteiger partial charge in [0.15, 0.2) is 0 Å². The summed E-state index contributed by atoms with van der Waals surface area (Å²) >= 11 is 0. The Hall–Kier alpha value is -1.73. The van der Waals surface area contributed by atoms with Crippen LogP contribution in [0.5, 0.6) is 0 Å². The van der Waals surface area contributed by atoms with Gasteiger partial charge in [0.2, 0.25) is 0 Å². The largest absolute Gasteiger partial charge is 0.784 e. The molecular formula is C13H17N2O5-. The van der Waals surface area contributed by atoms with Crippen LogP contribution in [0.15, 0.2) is 11.6 Å². The Morgan fingerprint density at radius 3 is 2.10 bits per heavy atom. The molecule has 0 N–H and O–H groups in total. The monoisotopic (exact) mass is 281 g/mol. The van der Waals surface area contributed by atoms with Crippen molar-refractivity contribution in [3.05, 3.63) is 16.9 Å². The lowest BCUT2D eigenvalue weighted by Crippen LogP contribution is -2.47. The number of hydrogen-bond acceptors (Lipinski definition) is 6. The molecule has 110 valence electrons. The fourth-order valence-electron chi connectivity index (χ4n) is 2.52. The zero-order valence-corrected chi connectivity index (χ0v) is 11.9. The number of carbonyl (C=O) groups is 3. The van der Waals surface area contributed by atoms with Crippen LogP contribution in [0.25, 0.3) is 0 Å². The summed E-state index contributed by atoms with van der Waals surface area (Å²) in [5.41, 5.74) is -1.78. The average Bonchev–Trinajstić information content (AvgIpc) is 2.73. The molecule has 20 heavy (non-hydrogen) atoms. The highest BCUT2D eigenvalue weighted by atomic mass is 16.7. The van der Waals surface area contributed by atoms with E-state index in [0.717, 1.165) is 5.06 Å². The average molecular weight is 281 g/mol. The second-order valence-corrected chi connectivity index (χ2v) is 6.03. The van der Waals surface area contributed by atoms with Gasteiger partial charge in [0.25, 0.3) is 11.8 Å². The van der Waals surface area contributed by atoms with Crippen molar-refractivity contribution in [2.75, 3.05) is 0 Å². The third-order valence-corrected chi connectivity index (χ3v) is 3.59. The van der Waals surface area contributed by atoms with Gasteiger partial charge >= 0.3 is 5.97 Å². The highest BCUT2D eigenvalue weighted by Crippen LogP contribution is 2.39. The molecule has 0 aromatic heterocycles. The van der Waals surface area contributed by atoms with E-state index in [4.69, 9.17) is 4.84 Å². The van der Waals surface area contributed by atoms with Gasteiger partial charge in [-0.2, -0.15) is 0 Å². The first-order valence-electron chi connectivity index (χ1n) is 6.36. The topological polar surface area (TPSA) is 90.0 Å². The van der Waals surface area contributed by atoms with E-state index in [1.54, 1.807) is 27.7 Å². The summed E-state index contributed by atoms with van der Waals surface area (Å²) < 4.78 is 0. The SMILES string of the molecule is CC1(C)C=C(C(=O)ON2C(=O)CCC2=O)C(C)(C)N1[O-]. The number of hydrogen-bond donors (Lipinski definition) is 0. The summed E-state index contributed by atoms with van der Waals surface area (Å²) in [6.45, 7) is 6.54. The van der Waals surface area contributed by atoms with E-state index in [-0.39, 0.29) is 18.4 Å². The van der Waals surface area contributed by atoms with Crippen molar-refractivity contribution in [1.29, 1.82) is 0 Å². The fourth-order valence-corrected chi connectivity index (χ4v) is 2.52. The van der Waals surface area contributed by atoms with Crippen LogP contribution in [-0.2, 0) is 19.2 Å². The van der Waals surface area contributed by atoms with Gasteiger partial charge in [-0.25, -0.2) is 4.79 Å². The van der Waals surface area contributed by atoms with Crippen molar-refractivity contribution >= 4 is 17.8 Å². The van der Waals surface area contributed by atoms with Crippen LogP contribution in [-0.4, -0.2) is 39.0 Å². The molecule has 1 fully saturated rings. The minimum atomic E-state index is -1.08. The summed E-state index contributed by atoms with van der Waals surface area (Å²) in [7, 11) is 0. The van der Waals surface area contributed by atoms with E-state index in [9.17, 15) is 19.6 Å². The van der Waals surface area contributed by atoms with Crippen LogP contribution in [0, 0.1) is 5.21 Å². The Kier molecular flexibility index (Phi) is 3.22. The van der Waals surface area contributed by atoms with Gasteiger partial charge in [-0.05, 0) is 27.7 Å². The molecule has 0 aromatic rings. The molecule has 0 atom stereocenters. The molecule has 2 aliphatic rings. The number of nitrogens with zero attached hydrogens (tertiary/aromatic N) is 2. The maximum atomic E-state index is 12.1. The Morgan fingerprint density at radius 2 is 1.70 bits per heavy atom. The normalized spacial score (nSPS) is 25.1. The van der Waals surface area contributed by atoms with Gasteiger partial charge in [-0.1, -0.05) is 6.08 Å². The molecule has 7 heteroatoms. The first kappa shape index (κ1) is 14.7. The van der Waals surface area contributed by atoms with Crippen molar-refractivity contribution in [2.45, 2.75) is 51.6 Å². The molecule has 2 amide bonds. The molecule has 2 heterocycles. The smallest absolute Gasteiger partial charge is 0.361 e. The second kappa shape index (κ2) is 4.39. The molecular weight excluding hydrogens is 264 g/mol. The predicted molar refractivity (Wildman–Crippen MR) is 68.6 cm³/mol. The summed E-state index contributed by atoms with van der Waals surface area (Å²) in [5.74, 6) is -1.93. The zero-order valence-electron chi connectivity index (χ0n) is 11.9. The minimum absolute atomic E-state index is 0.0354. The Balaban J connectivity index is 2.22. The second-order valence-electron chi connectivity index (χ2n) is 6.03. The first-order valence-corrected chi connectivity index (χ1v) is 6.36. The summed E-state index contributed by atoms with van der Waals surface area (Å²) in [4.78, 5) is 39.8. The fraction of sp³-hybridized carbons (Fsp3) is 0.615. The molecule has 0 aliphatic carbocycles. The molecule has 0 aromatic carbocycles. The molecule has 2 rings (SSSR count). The van der Waals surface area contributed by atoms with Gasteiger partial charge in [0.1, 0.15) is 0 Å². The Labute approximate surface area is 116 Å². The van der Waals surface area contributed by atoms with Gasteiger partial charge in [-0.15, -0.1) is 5.06 Å². The number of amides is 2. The van der Waals surface area contributed by atoms with Crippen LogP contribution in [0.1, 0.15) is 40.5 Å². The standard InChI is InChI=1S/C13H17N2O5/c1-12(2)7-8(13(3,4)15(12)19)11(18)20-14-9(16)5-6-10(14)17/h7H,5-6H2,1-4H3/q-1. The molecule has 2 aliphatic heterocycles. The molecule has 0 saturated carbocycles. The van der Waals surface area contributed by atoms with Gasteiger partial charge in [-0.3, -0.25) is 9.59 Å². The van der Waals surface area contributed by atoms with Crippen LogP contribution >= 0.6 is 0 Å². The van der Waals surface area contributed by atoms with Crippen molar-refractivity contribution < 1.29 is 19.2 Å². The lowest BCUT2D eigenvalue weighted by atomic mass is 9.97. The van der Waals surface area contributed by atoms with E-state index in [2.05, 4.69) is 0 Å². The highest BCUT2D eigenvalue weighted by Gasteiger charge is 2.45. The molecule has 0 spiro atoms. The van der Waals surface area contributed by atoms with Crippen LogP contribution in [0.2, 0.25) is 0 Å². The van der Waals surface area contributed by atoms with E-state index >= 15 is 0 Å². The van der Waals surface area contributed by atoms with Crippen molar-refractivity contribution in [3.63, 3.8) is 0 Å². The quantitative estimate of drug-likeness (QED) is 0.698. The van der Waals surface area contributed by atoms with Crippen molar-refractivity contribution in [2.24, 2.45) is 0 Å². The minimum Gasteiger partial charge on any atom is -0.784 e. The predicted octanol–water partition coefficient (Wildman–Crippen LogP) is 0.891.